The van der Waals surface area contributed by atoms with Crippen molar-refractivity contribution in [3.8, 4) is 0 Å². The summed E-state index contributed by atoms with van der Waals surface area (Å²) in [6.45, 7) is -0.468. The van der Waals surface area contributed by atoms with E-state index in [4.69, 9.17) is 15.1 Å². The predicted molar refractivity (Wildman–Crippen MR) is 55.4 cm³/mol. The Bertz CT molecular complexity index is 538. The van der Waals surface area contributed by atoms with Crippen LogP contribution in [0, 0.1) is 0 Å². The quantitative estimate of drug-likeness (QED) is 0.284. The van der Waals surface area contributed by atoms with E-state index in [0.29, 0.717) is 0 Å². The first-order valence-electron chi connectivity index (χ1n) is 5.20. The van der Waals surface area contributed by atoms with Crippen LogP contribution in [0.1, 0.15) is 6.23 Å². The van der Waals surface area contributed by atoms with Gasteiger partial charge >= 0.3 is 0 Å². The summed E-state index contributed by atoms with van der Waals surface area (Å²) >= 11 is 0. The molecule has 1 aromatic heterocycles. The van der Waals surface area contributed by atoms with E-state index in [2.05, 4.69) is 10.1 Å². The second-order valence-corrected chi connectivity index (χ2v) is 3.86. The van der Waals surface area contributed by atoms with E-state index < -0.39 is 36.7 Å². The van der Waals surface area contributed by atoms with Gasteiger partial charge in [0.25, 0.3) is 5.56 Å². The topological polar surface area (TPSA) is 140 Å². The molecule has 0 radical (unpaired) electrons. The van der Waals surface area contributed by atoms with Crippen molar-refractivity contribution in [1.29, 1.82) is 0 Å². The van der Waals surface area contributed by atoms with Crippen molar-refractivity contribution in [3.05, 3.63) is 28.2 Å². The molecule has 2 rings (SSSR count). The van der Waals surface area contributed by atoms with Crippen LogP contribution in [0.15, 0.2) is 22.2 Å². The molecule has 1 unspecified atom stereocenters. The monoisotopic (exact) mass is 259 g/mol. The van der Waals surface area contributed by atoms with Crippen molar-refractivity contribution >= 4 is 0 Å². The van der Waals surface area contributed by atoms with Gasteiger partial charge in [0.1, 0.15) is 18.3 Å². The molecular formula is C9H13N3O6. The highest BCUT2D eigenvalue weighted by Crippen LogP contribution is 2.27. The molecule has 5 N–H and O–H groups in total. The minimum atomic E-state index is -1.32. The SMILES string of the molecule is O=c1ccn(C2O[C@H](CO)[C@@H](O)[C@H]2O)/c(=N/O)[nH]1. The number of aliphatic hydroxyl groups excluding tert-OH is 3. The standard InChI is InChI=1S/C9H13N3O6/c13-3-4-6(15)7(16)8(18-4)12-2-1-5(14)10-9(12)11-17/h1-2,4,6-8,13,15-17H,3H2,(H,10,11,14)/t4-,6-,7-,8?/m1/s1. The highest BCUT2D eigenvalue weighted by Gasteiger charge is 2.43. The van der Waals surface area contributed by atoms with Crippen molar-refractivity contribution in [2.45, 2.75) is 24.5 Å². The summed E-state index contributed by atoms with van der Waals surface area (Å²) in [5.41, 5.74) is -0.733. The van der Waals surface area contributed by atoms with Crippen LogP contribution in [0.2, 0.25) is 0 Å². The van der Waals surface area contributed by atoms with Gasteiger partial charge in [-0.25, -0.2) is 0 Å². The van der Waals surface area contributed by atoms with Crippen molar-refractivity contribution < 1.29 is 25.3 Å². The smallest absolute Gasteiger partial charge is 0.252 e. The molecule has 1 aliphatic heterocycles. The molecule has 9 nitrogen and oxygen atoms in total. The summed E-state index contributed by atoms with van der Waals surface area (Å²) in [6, 6.07) is 1.14. The molecule has 0 amide bonds. The number of rotatable bonds is 2. The van der Waals surface area contributed by atoms with Crippen molar-refractivity contribution in [3.63, 3.8) is 0 Å². The fraction of sp³-hybridized carbons (Fsp3) is 0.556. The second-order valence-electron chi connectivity index (χ2n) is 3.86. The van der Waals surface area contributed by atoms with Gasteiger partial charge in [0.05, 0.1) is 6.61 Å². The molecule has 1 fully saturated rings. The van der Waals surface area contributed by atoms with Gasteiger partial charge in [-0.1, -0.05) is 5.16 Å². The minimum absolute atomic E-state index is 0.239. The lowest BCUT2D eigenvalue weighted by Gasteiger charge is -2.17. The van der Waals surface area contributed by atoms with Gasteiger partial charge in [-0.2, -0.15) is 0 Å². The molecule has 1 aliphatic rings. The number of ether oxygens (including phenoxy) is 1. The number of aliphatic hydroxyl groups is 3. The normalized spacial score (nSPS) is 32.9. The van der Waals surface area contributed by atoms with Crippen molar-refractivity contribution in [1.82, 2.24) is 9.55 Å². The van der Waals surface area contributed by atoms with Crippen LogP contribution in [0.3, 0.4) is 0 Å². The Morgan fingerprint density at radius 3 is 2.72 bits per heavy atom. The Kier molecular flexibility index (Phi) is 3.48. The van der Waals surface area contributed by atoms with Crippen LogP contribution in [0.25, 0.3) is 0 Å². The molecule has 1 saturated heterocycles. The third-order valence-corrected chi connectivity index (χ3v) is 2.75. The van der Waals surface area contributed by atoms with Crippen LogP contribution in [0.5, 0.6) is 0 Å². The highest BCUT2D eigenvalue weighted by molar-refractivity contribution is 4.92. The number of aromatic nitrogens is 2. The minimum Gasteiger partial charge on any atom is -0.408 e. The third kappa shape index (κ3) is 2.04. The van der Waals surface area contributed by atoms with Gasteiger partial charge in [-0.15, -0.1) is 0 Å². The Balaban J connectivity index is 2.42. The Labute approximate surface area is 100 Å². The van der Waals surface area contributed by atoms with E-state index in [1.54, 1.807) is 0 Å². The molecule has 0 aromatic carbocycles. The second kappa shape index (κ2) is 4.90. The van der Waals surface area contributed by atoms with E-state index in [1.807, 2.05) is 0 Å². The molecular weight excluding hydrogens is 246 g/mol. The number of hydrogen-bond acceptors (Lipinski definition) is 7. The largest absolute Gasteiger partial charge is 0.408 e. The molecule has 0 aliphatic carbocycles. The van der Waals surface area contributed by atoms with Gasteiger partial charge in [0.2, 0.25) is 5.62 Å². The summed E-state index contributed by atoms with van der Waals surface area (Å²) in [7, 11) is 0. The number of nitrogens with zero attached hydrogens (tertiary/aromatic N) is 2. The maximum absolute atomic E-state index is 11.0. The summed E-state index contributed by atoms with van der Waals surface area (Å²) in [4.78, 5) is 13.3. The zero-order valence-corrected chi connectivity index (χ0v) is 9.17. The van der Waals surface area contributed by atoms with Crippen LogP contribution in [-0.2, 0) is 4.74 Å². The molecule has 18 heavy (non-hydrogen) atoms. The summed E-state index contributed by atoms with van der Waals surface area (Å²) in [6.07, 6.45) is -3.37. The lowest BCUT2D eigenvalue weighted by molar-refractivity contribution is -0.0561. The fourth-order valence-electron chi connectivity index (χ4n) is 1.83. The maximum atomic E-state index is 11.0. The van der Waals surface area contributed by atoms with E-state index in [1.165, 1.54) is 6.20 Å². The average Bonchev–Trinajstić information content (AvgIpc) is 2.66. The zero-order valence-electron chi connectivity index (χ0n) is 9.17. The number of aromatic amines is 1. The van der Waals surface area contributed by atoms with Gasteiger partial charge in [0.15, 0.2) is 6.23 Å². The molecule has 2 heterocycles. The van der Waals surface area contributed by atoms with Gasteiger partial charge in [0, 0.05) is 12.3 Å². The Hall–Kier alpha value is -1.68. The molecule has 0 spiro atoms. The lowest BCUT2D eigenvalue weighted by atomic mass is 10.1. The van der Waals surface area contributed by atoms with E-state index in [9.17, 15) is 15.0 Å². The Morgan fingerprint density at radius 2 is 2.17 bits per heavy atom. The van der Waals surface area contributed by atoms with E-state index in [-0.39, 0.29) is 5.62 Å². The predicted octanol–water partition coefficient (Wildman–Crippen LogP) is -2.92. The molecule has 0 saturated carbocycles. The van der Waals surface area contributed by atoms with Crippen LogP contribution < -0.4 is 11.2 Å². The number of hydrogen-bond donors (Lipinski definition) is 5. The molecule has 0 bridgehead atoms. The molecule has 9 heteroatoms. The lowest BCUT2D eigenvalue weighted by Crippen LogP contribution is -2.38. The highest BCUT2D eigenvalue weighted by atomic mass is 16.6. The van der Waals surface area contributed by atoms with Crippen LogP contribution >= 0.6 is 0 Å². The zero-order chi connectivity index (χ0) is 13.3. The van der Waals surface area contributed by atoms with Crippen LogP contribution in [-0.4, -0.2) is 55.0 Å². The summed E-state index contributed by atoms with van der Waals surface area (Å²) < 4.78 is 6.37. The molecule has 4 atom stereocenters. The number of nitrogens with one attached hydrogen (secondary N) is 1. The first-order chi connectivity index (χ1) is 8.58. The van der Waals surface area contributed by atoms with Crippen molar-refractivity contribution in [2.75, 3.05) is 6.61 Å². The molecule has 100 valence electrons. The van der Waals surface area contributed by atoms with Crippen LogP contribution in [0.4, 0.5) is 0 Å². The summed E-state index contributed by atoms with van der Waals surface area (Å²) in [5, 5.41) is 39.9. The third-order valence-electron chi connectivity index (χ3n) is 2.75. The fourth-order valence-corrected chi connectivity index (χ4v) is 1.83. The van der Waals surface area contributed by atoms with Gasteiger partial charge in [-0.05, 0) is 0 Å². The molecule has 1 aromatic rings. The van der Waals surface area contributed by atoms with Gasteiger partial charge in [-0.3, -0.25) is 14.3 Å². The van der Waals surface area contributed by atoms with E-state index >= 15 is 0 Å². The maximum Gasteiger partial charge on any atom is 0.252 e. The Morgan fingerprint density at radius 1 is 1.44 bits per heavy atom. The first-order valence-corrected chi connectivity index (χ1v) is 5.20. The average molecular weight is 259 g/mol. The van der Waals surface area contributed by atoms with Gasteiger partial charge < -0.3 is 25.3 Å². The van der Waals surface area contributed by atoms with E-state index in [0.717, 1.165) is 10.6 Å². The summed E-state index contributed by atoms with van der Waals surface area (Å²) in [5.74, 6) is 0. The van der Waals surface area contributed by atoms with Crippen molar-refractivity contribution in [2.24, 2.45) is 5.16 Å². The first kappa shape index (κ1) is 12.8. The number of H-pyrrole nitrogens is 1.